The van der Waals surface area contributed by atoms with Crippen molar-refractivity contribution in [1.29, 1.82) is 0 Å². The normalized spacial score (nSPS) is 21.9. The number of methoxy groups -OCH3 is 1. The van der Waals surface area contributed by atoms with Crippen LogP contribution >= 0.6 is 0 Å². The molecule has 2 aromatic carbocycles. The zero-order valence-electron chi connectivity index (χ0n) is 25.4. The van der Waals surface area contributed by atoms with Gasteiger partial charge in [-0.1, -0.05) is 13.3 Å². The average molecular weight is 602 g/mol. The maximum absolute atomic E-state index is 14.1. The predicted molar refractivity (Wildman–Crippen MR) is 160 cm³/mol. The summed E-state index contributed by atoms with van der Waals surface area (Å²) in [6, 6.07) is 6.92. The summed E-state index contributed by atoms with van der Waals surface area (Å²) in [6.45, 7) is 6.26. The number of nitrogens with zero attached hydrogens (tertiary/aromatic N) is 1. The molecule has 10 heteroatoms. The Kier molecular flexibility index (Phi) is 12.0. The monoisotopic (exact) mass is 601 g/mol. The smallest absolute Gasteiger partial charge is 0.254 e. The second kappa shape index (κ2) is 15.7. The lowest BCUT2D eigenvalue weighted by Crippen LogP contribution is -2.57. The van der Waals surface area contributed by atoms with E-state index < -0.39 is 35.7 Å². The molecule has 2 amide bonds. The summed E-state index contributed by atoms with van der Waals surface area (Å²) in [7, 11) is 1.61. The molecule has 0 saturated carbocycles. The lowest BCUT2D eigenvalue weighted by Gasteiger charge is -2.37. The summed E-state index contributed by atoms with van der Waals surface area (Å²) in [6.07, 6.45) is 3.96. The third-order valence-corrected chi connectivity index (χ3v) is 8.34. The third kappa shape index (κ3) is 9.04. The molecule has 0 aliphatic carbocycles. The van der Waals surface area contributed by atoms with Gasteiger partial charge in [-0.15, -0.1) is 0 Å². The molecule has 2 heterocycles. The first-order valence-corrected chi connectivity index (χ1v) is 15.4. The van der Waals surface area contributed by atoms with Crippen molar-refractivity contribution in [2.24, 2.45) is 0 Å². The molecule has 2 aliphatic rings. The number of piperidine rings is 1. The minimum Gasteiger partial charge on any atom is -0.389 e. The molecule has 8 nitrogen and oxygen atoms in total. The van der Waals surface area contributed by atoms with Crippen molar-refractivity contribution in [3.8, 4) is 0 Å². The molecule has 3 N–H and O–H groups in total. The van der Waals surface area contributed by atoms with E-state index in [0.717, 1.165) is 43.7 Å². The topological polar surface area (TPSA) is 100 Å². The molecule has 0 bridgehead atoms. The van der Waals surface area contributed by atoms with E-state index in [-0.39, 0.29) is 30.0 Å². The van der Waals surface area contributed by atoms with Gasteiger partial charge in [-0.25, -0.2) is 8.78 Å². The molecule has 2 saturated heterocycles. The van der Waals surface area contributed by atoms with E-state index in [9.17, 15) is 23.5 Å². The van der Waals surface area contributed by atoms with Crippen molar-refractivity contribution in [3.05, 3.63) is 70.3 Å². The summed E-state index contributed by atoms with van der Waals surface area (Å²) >= 11 is 0. The number of carbonyl (C=O) groups excluding carboxylic acids is 2. The van der Waals surface area contributed by atoms with E-state index in [2.05, 4.69) is 17.6 Å². The highest BCUT2D eigenvalue weighted by atomic mass is 19.1. The number of aliphatic hydroxyl groups excluding tert-OH is 1. The van der Waals surface area contributed by atoms with E-state index in [1.807, 2.05) is 6.92 Å². The number of amides is 2. The van der Waals surface area contributed by atoms with Crippen LogP contribution in [0.4, 0.5) is 8.78 Å². The second-order valence-corrected chi connectivity index (χ2v) is 11.8. The number of benzene rings is 2. The molecule has 236 valence electrons. The van der Waals surface area contributed by atoms with Gasteiger partial charge in [-0.3, -0.25) is 9.59 Å². The molecule has 0 radical (unpaired) electrons. The van der Waals surface area contributed by atoms with Crippen molar-refractivity contribution < 1.29 is 33.0 Å². The molecular formula is C33H45F2N3O5. The lowest BCUT2D eigenvalue weighted by atomic mass is 9.90. The molecule has 2 fully saturated rings. The zero-order chi connectivity index (χ0) is 30.9. The lowest BCUT2D eigenvalue weighted by molar-refractivity contribution is -0.00846. The van der Waals surface area contributed by atoms with Gasteiger partial charge < -0.3 is 30.1 Å². The van der Waals surface area contributed by atoms with Gasteiger partial charge in [0, 0.05) is 43.5 Å². The van der Waals surface area contributed by atoms with Crippen LogP contribution in [0.3, 0.4) is 0 Å². The molecule has 2 aliphatic heterocycles. The summed E-state index contributed by atoms with van der Waals surface area (Å²) in [5.74, 6) is -2.11. The minimum atomic E-state index is -1.07. The van der Waals surface area contributed by atoms with Crippen LogP contribution in [0.15, 0.2) is 36.4 Å². The van der Waals surface area contributed by atoms with E-state index >= 15 is 0 Å². The molecule has 5 atom stereocenters. The first kappa shape index (κ1) is 33.0. The maximum Gasteiger partial charge on any atom is 0.254 e. The van der Waals surface area contributed by atoms with Crippen LogP contribution in [0, 0.1) is 18.6 Å². The number of hydrogen-bond donors (Lipinski definition) is 3. The molecule has 0 unspecified atom stereocenters. The molecule has 2 aromatic rings. The number of rotatable bonds is 13. The molecule has 43 heavy (non-hydrogen) atoms. The predicted octanol–water partition coefficient (Wildman–Crippen LogP) is 4.16. The summed E-state index contributed by atoms with van der Waals surface area (Å²) in [5.41, 5.74) is 1.72. The molecule has 0 aromatic heterocycles. The number of ether oxygens (including phenoxy) is 2. The Labute approximate surface area is 253 Å². The summed E-state index contributed by atoms with van der Waals surface area (Å²) in [4.78, 5) is 28.9. The van der Waals surface area contributed by atoms with E-state index in [1.54, 1.807) is 30.2 Å². The number of hydrogen-bond acceptors (Lipinski definition) is 6. The fourth-order valence-electron chi connectivity index (χ4n) is 6.16. The number of halogens is 2. The van der Waals surface area contributed by atoms with Crippen molar-refractivity contribution in [2.45, 2.75) is 89.1 Å². The SMILES string of the molecule is CCCCO[C@H]1CCN[C@@H]([C@@H](O)[C@H](Cc2cc(F)cc(F)c2)NC(=O)c2cc(C)cc(C(=O)N3CCC[C@@H]3COC)c2)C1. The Morgan fingerprint density at radius 2 is 1.86 bits per heavy atom. The summed E-state index contributed by atoms with van der Waals surface area (Å²) < 4.78 is 39.4. The Hall–Kier alpha value is -2.92. The van der Waals surface area contributed by atoms with Gasteiger partial charge in [0.1, 0.15) is 11.6 Å². The first-order valence-electron chi connectivity index (χ1n) is 15.4. The largest absolute Gasteiger partial charge is 0.389 e. The van der Waals surface area contributed by atoms with E-state index in [4.69, 9.17) is 9.47 Å². The Balaban J connectivity index is 1.55. The fraction of sp³-hybridized carbons (Fsp3) is 0.576. The second-order valence-electron chi connectivity index (χ2n) is 11.8. The van der Waals surface area contributed by atoms with Gasteiger partial charge in [0.25, 0.3) is 11.8 Å². The van der Waals surface area contributed by atoms with Crippen LogP contribution in [-0.4, -0.2) is 85.6 Å². The van der Waals surface area contributed by atoms with Crippen molar-refractivity contribution in [3.63, 3.8) is 0 Å². The molecule has 0 spiro atoms. The quantitative estimate of drug-likeness (QED) is 0.298. The maximum atomic E-state index is 14.1. The van der Waals surface area contributed by atoms with Crippen LogP contribution in [0.2, 0.25) is 0 Å². The number of aliphatic hydroxyl groups is 1. The van der Waals surface area contributed by atoms with Gasteiger partial charge in [-0.05, 0) is 93.5 Å². The van der Waals surface area contributed by atoms with Crippen LogP contribution < -0.4 is 10.6 Å². The molecule has 4 rings (SSSR count). The van der Waals surface area contributed by atoms with Crippen LogP contribution in [-0.2, 0) is 15.9 Å². The van der Waals surface area contributed by atoms with E-state index in [1.165, 1.54) is 12.1 Å². The van der Waals surface area contributed by atoms with Gasteiger partial charge in [0.2, 0.25) is 0 Å². The van der Waals surface area contributed by atoms with Crippen LogP contribution in [0.5, 0.6) is 0 Å². The zero-order valence-corrected chi connectivity index (χ0v) is 25.4. The average Bonchev–Trinajstić information content (AvgIpc) is 3.44. The number of nitrogens with one attached hydrogen (secondary N) is 2. The number of aryl methyl sites for hydroxylation is 1. The Morgan fingerprint density at radius 3 is 2.58 bits per heavy atom. The summed E-state index contributed by atoms with van der Waals surface area (Å²) in [5, 5.41) is 17.8. The van der Waals surface area contributed by atoms with Crippen molar-refractivity contribution in [1.82, 2.24) is 15.5 Å². The van der Waals surface area contributed by atoms with Gasteiger partial charge >= 0.3 is 0 Å². The standard InChI is InChI=1S/C33H45F2N3O5/c1-4-5-11-43-28-8-9-36-29(19-28)31(39)30(16-22-14-25(34)18-26(35)15-22)37-32(40)23-12-21(2)13-24(17-23)33(41)38-10-6-7-27(38)20-42-3/h12-15,17-18,27-31,36,39H,4-11,16,19-20H2,1-3H3,(H,37,40)/t27-,28+,29-,30+,31-/m1/s1. The fourth-order valence-corrected chi connectivity index (χ4v) is 6.16. The number of carbonyl (C=O) groups is 2. The highest BCUT2D eigenvalue weighted by molar-refractivity contribution is 6.00. The highest BCUT2D eigenvalue weighted by Gasteiger charge is 2.34. The first-order chi connectivity index (χ1) is 20.7. The third-order valence-electron chi connectivity index (χ3n) is 8.34. The van der Waals surface area contributed by atoms with Gasteiger partial charge in [0.05, 0.1) is 30.9 Å². The number of likely N-dealkylation sites (tertiary alicyclic amines) is 1. The molecular weight excluding hydrogens is 556 g/mol. The van der Waals surface area contributed by atoms with Crippen LogP contribution in [0.1, 0.15) is 77.3 Å². The van der Waals surface area contributed by atoms with E-state index in [0.29, 0.717) is 43.9 Å². The van der Waals surface area contributed by atoms with Gasteiger partial charge in [0.15, 0.2) is 0 Å². The minimum absolute atomic E-state index is 0.00516. The van der Waals surface area contributed by atoms with Crippen molar-refractivity contribution >= 4 is 11.8 Å². The highest BCUT2D eigenvalue weighted by Crippen LogP contribution is 2.23. The number of unbranched alkanes of at least 4 members (excludes halogenated alkanes) is 1. The van der Waals surface area contributed by atoms with Crippen LogP contribution in [0.25, 0.3) is 0 Å². The van der Waals surface area contributed by atoms with Crippen molar-refractivity contribution in [2.75, 3.05) is 33.4 Å². The van der Waals surface area contributed by atoms with Gasteiger partial charge in [-0.2, -0.15) is 0 Å². The Bertz CT molecular complexity index is 1220. The Morgan fingerprint density at radius 1 is 1.12 bits per heavy atom.